The number of rotatable bonds is 5. The third kappa shape index (κ3) is 3.45. The third-order valence-electron chi connectivity index (χ3n) is 4.71. The minimum atomic E-state index is -0.901. The molecule has 0 aliphatic carbocycles. The van der Waals surface area contributed by atoms with Gasteiger partial charge < -0.3 is 18.9 Å². The van der Waals surface area contributed by atoms with E-state index in [0.29, 0.717) is 22.6 Å². The van der Waals surface area contributed by atoms with Gasteiger partial charge in [0.1, 0.15) is 17.6 Å². The minimum absolute atomic E-state index is 0.0207. The highest BCUT2D eigenvalue weighted by molar-refractivity contribution is 5.89. The van der Waals surface area contributed by atoms with Gasteiger partial charge in [0.15, 0.2) is 5.60 Å². The summed E-state index contributed by atoms with van der Waals surface area (Å²) in [5.41, 5.74) is 0.295. The van der Waals surface area contributed by atoms with Crippen LogP contribution in [0.1, 0.15) is 46.3 Å². The van der Waals surface area contributed by atoms with Gasteiger partial charge in [-0.2, -0.15) is 0 Å². The number of hydrogen-bond acceptors (Lipinski definition) is 6. The Bertz CT molecular complexity index is 752. The van der Waals surface area contributed by atoms with Gasteiger partial charge in [-0.25, -0.2) is 9.59 Å². The Labute approximate surface area is 146 Å². The zero-order chi connectivity index (χ0) is 18.4. The molecule has 2 heterocycles. The smallest absolute Gasteiger partial charge is 0.346 e. The Morgan fingerprint density at radius 1 is 1.24 bits per heavy atom. The molecule has 6 heteroatoms. The molecule has 4 atom stereocenters. The second kappa shape index (κ2) is 6.28. The van der Waals surface area contributed by atoms with Crippen molar-refractivity contribution in [2.75, 3.05) is 0 Å². The van der Waals surface area contributed by atoms with E-state index in [-0.39, 0.29) is 18.3 Å². The molecular formula is C19H22O6. The first-order chi connectivity index (χ1) is 11.8. The second-order valence-corrected chi connectivity index (χ2v) is 6.58. The summed E-state index contributed by atoms with van der Waals surface area (Å²) in [6, 6.07) is 4.89. The van der Waals surface area contributed by atoms with Crippen LogP contribution in [0.2, 0.25) is 0 Å². The van der Waals surface area contributed by atoms with Crippen molar-refractivity contribution >= 4 is 11.9 Å². The first kappa shape index (κ1) is 17.6. The first-order valence-electron chi connectivity index (χ1n) is 8.31. The number of epoxide rings is 2. The fourth-order valence-electron chi connectivity index (χ4n) is 2.47. The molecule has 0 unspecified atom stereocenters. The molecule has 2 fully saturated rings. The summed E-state index contributed by atoms with van der Waals surface area (Å²) in [5.74, 6) is -0.0866. The Balaban J connectivity index is 1.81. The molecule has 1 aromatic rings. The van der Waals surface area contributed by atoms with E-state index < -0.39 is 17.5 Å². The number of ether oxygens (including phenoxy) is 4. The number of allylic oxidation sites excluding steroid dienone is 1. The van der Waals surface area contributed by atoms with Gasteiger partial charge in [0, 0.05) is 11.1 Å². The van der Waals surface area contributed by atoms with Gasteiger partial charge >= 0.3 is 11.9 Å². The van der Waals surface area contributed by atoms with Crippen molar-refractivity contribution in [3.63, 3.8) is 0 Å². The SMILES string of the molecule is CC=C(C)C(=O)Oc1ccc(OC(=O)[C@@]2(C)O[C@@H]2C)c([C@H]2O[C@@H]2C)c1. The quantitative estimate of drug-likeness (QED) is 0.353. The molecule has 0 saturated carbocycles. The Morgan fingerprint density at radius 3 is 2.40 bits per heavy atom. The lowest BCUT2D eigenvalue weighted by atomic mass is 10.1. The van der Waals surface area contributed by atoms with Gasteiger partial charge in [0.2, 0.25) is 0 Å². The van der Waals surface area contributed by atoms with Crippen molar-refractivity contribution in [2.45, 2.75) is 58.5 Å². The third-order valence-corrected chi connectivity index (χ3v) is 4.71. The highest BCUT2D eigenvalue weighted by Crippen LogP contribution is 2.45. The molecule has 3 rings (SSSR count). The molecule has 134 valence electrons. The maximum Gasteiger partial charge on any atom is 0.346 e. The van der Waals surface area contributed by atoms with Crippen molar-refractivity contribution in [1.82, 2.24) is 0 Å². The first-order valence-corrected chi connectivity index (χ1v) is 8.31. The number of esters is 2. The predicted molar refractivity (Wildman–Crippen MR) is 89.4 cm³/mol. The number of hydrogen-bond donors (Lipinski definition) is 0. The van der Waals surface area contributed by atoms with Crippen LogP contribution in [-0.2, 0) is 19.1 Å². The summed E-state index contributed by atoms with van der Waals surface area (Å²) in [7, 11) is 0. The molecule has 0 N–H and O–H groups in total. The lowest BCUT2D eigenvalue weighted by Crippen LogP contribution is -2.28. The van der Waals surface area contributed by atoms with Crippen LogP contribution in [0.15, 0.2) is 29.8 Å². The van der Waals surface area contributed by atoms with Gasteiger partial charge in [-0.15, -0.1) is 0 Å². The fraction of sp³-hybridized carbons (Fsp3) is 0.474. The topological polar surface area (TPSA) is 77.7 Å². The predicted octanol–water partition coefficient (Wildman–Crippen LogP) is 3.10. The largest absolute Gasteiger partial charge is 0.424 e. The van der Waals surface area contributed by atoms with Crippen LogP contribution >= 0.6 is 0 Å². The summed E-state index contributed by atoms with van der Waals surface area (Å²) < 4.78 is 21.7. The number of benzene rings is 1. The minimum Gasteiger partial charge on any atom is -0.424 e. The molecule has 2 aliphatic heterocycles. The van der Waals surface area contributed by atoms with Crippen LogP contribution in [-0.4, -0.2) is 29.7 Å². The van der Waals surface area contributed by atoms with E-state index in [1.54, 1.807) is 45.0 Å². The van der Waals surface area contributed by atoms with Crippen molar-refractivity contribution in [3.05, 3.63) is 35.4 Å². The molecule has 0 spiro atoms. The van der Waals surface area contributed by atoms with Crippen molar-refractivity contribution < 1.29 is 28.5 Å². The Hall–Kier alpha value is -2.18. The number of carbonyl (C=O) groups is 2. The summed E-state index contributed by atoms with van der Waals surface area (Å²) >= 11 is 0. The molecule has 1 aromatic carbocycles. The van der Waals surface area contributed by atoms with E-state index in [1.807, 2.05) is 13.8 Å². The normalized spacial score (nSPS) is 30.6. The van der Waals surface area contributed by atoms with Crippen molar-refractivity contribution in [1.29, 1.82) is 0 Å². The van der Waals surface area contributed by atoms with E-state index in [4.69, 9.17) is 18.9 Å². The van der Waals surface area contributed by atoms with Crippen LogP contribution < -0.4 is 9.47 Å². The van der Waals surface area contributed by atoms with Crippen LogP contribution in [0.5, 0.6) is 11.5 Å². The molecule has 2 aliphatic rings. The second-order valence-electron chi connectivity index (χ2n) is 6.58. The Morgan fingerprint density at radius 2 is 1.88 bits per heavy atom. The molecule has 0 aromatic heterocycles. The molecular weight excluding hydrogens is 324 g/mol. The lowest BCUT2D eigenvalue weighted by molar-refractivity contribution is -0.139. The standard InChI is InChI=1S/C19H22O6/c1-6-10(2)17(20)23-13-7-8-15(14(9-13)16-11(3)22-16)24-18(21)19(5)12(4)25-19/h6-9,11-12,16H,1-5H3/t11-,12-,16+,19+/m1/s1. The maximum atomic E-state index is 12.3. The van der Waals surface area contributed by atoms with Gasteiger partial charge in [-0.3, -0.25) is 0 Å². The average molecular weight is 346 g/mol. The molecule has 25 heavy (non-hydrogen) atoms. The monoisotopic (exact) mass is 346 g/mol. The van der Waals surface area contributed by atoms with Crippen LogP contribution in [0, 0.1) is 0 Å². The highest BCUT2D eigenvalue weighted by Gasteiger charge is 2.57. The van der Waals surface area contributed by atoms with E-state index >= 15 is 0 Å². The summed E-state index contributed by atoms with van der Waals surface area (Å²) in [6.07, 6.45) is 1.36. The van der Waals surface area contributed by atoms with Crippen LogP contribution in [0.4, 0.5) is 0 Å². The van der Waals surface area contributed by atoms with Gasteiger partial charge in [-0.05, 0) is 52.8 Å². The van der Waals surface area contributed by atoms with E-state index in [1.165, 1.54) is 0 Å². The van der Waals surface area contributed by atoms with Gasteiger partial charge in [0.25, 0.3) is 0 Å². The lowest BCUT2D eigenvalue weighted by Gasteiger charge is -2.12. The number of carbonyl (C=O) groups excluding carboxylic acids is 2. The molecule has 0 bridgehead atoms. The maximum absolute atomic E-state index is 12.3. The molecule has 0 radical (unpaired) electrons. The van der Waals surface area contributed by atoms with Gasteiger partial charge in [-0.1, -0.05) is 6.08 Å². The summed E-state index contributed by atoms with van der Waals surface area (Å²) in [6.45, 7) is 8.90. The summed E-state index contributed by atoms with van der Waals surface area (Å²) in [5, 5.41) is 0. The highest BCUT2D eigenvalue weighted by atomic mass is 16.7. The zero-order valence-electron chi connectivity index (χ0n) is 15.0. The van der Waals surface area contributed by atoms with Crippen LogP contribution in [0.3, 0.4) is 0 Å². The zero-order valence-corrected chi connectivity index (χ0v) is 15.0. The Kier molecular flexibility index (Phi) is 4.43. The molecule has 2 saturated heterocycles. The molecule has 6 nitrogen and oxygen atoms in total. The van der Waals surface area contributed by atoms with E-state index in [2.05, 4.69) is 0 Å². The van der Waals surface area contributed by atoms with Crippen molar-refractivity contribution in [3.8, 4) is 11.5 Å². The molecule has 0 amide bonds. The van der Waals surface area contributed by atoms with Crippen LogP contribution in [0.25, 0.3) is 0 Å². The summed E-state index contributed by atoms with van der Waals surface area (Å²) in [4.78, 5) is 24.2. The van der Waals surface area contributed by atoms with E-state index in [9.17, 15) is 9.59 Å². The van der Waals surface area contributed by atoms with Crippen molar-refractivity contribution in [2.24, 2.45) is 0 Å². The van der Waals surface area contributed by atoms with Gasteiger partial charge in [0.05, 0.1) is 12.2 Å². The average Bonchev–Trinajstić information content (AvgIpc) is 3.46. The van der Waals surface area contributed by atoms with E-state index in [0.717, 1.165) is 0 Å². The fourth-order valence-corrected chi connectivity index (χ4v) is 2.47.